The molecule has 0 bridgehead atoms. The molecule has 4 rings (SSSR count). The predicted octanol–water partition coefficient (Wildman–Crippen LogP) is 1.63. The van der Waals surface area contributed by atoms with Crippen LogP contribution in [0.5, 0.6) is 0 Å². The first-order valence-corrected chi connectivity index (χ1v) is 10.5. The van der Waals surface area contributed by atoms with E-state index in [4.69, 9.17) is 5.73 Å². The SMILES string of the molecule is CS(=O)(=O)N1CC(CC#N)(n2cc(-c3cccc4nc(N)sc34)cn2)C1. The second kappa shape index (κ2) is 5.77. The summed E-state index contributed by atoms with van der Waals surface area (Å²) in [5, 5.41) is 14.1. The Bertz CT molecular complexity index is 1140. The van der Waals surface area contributed by atoms with Gasteiger partial charge in [-0.1, -0.05) is 23.5 Å². The standard InChI is InChI=1S/C16H16N6O2S2/c1-26(23,24)21-9-16(10-21,5-6-17)22-8-11(7-19-22)12-3-2-4-13-14(12)25-15(18)20-13/h2-4,7-8H,5,9-10H2,1H3,(H2,18,20). The van der Waals surface area contributed by atoms with Crippen molar-refractivity contribution in [1.29, 1.82) is 5.26 Å². The van der Waals surface area contributed by atoms with E-state index in [-0.39, 0.29) is 19.5 Å². The van der Waals surface area contributed by atoms with E-state index in [0.717, 1.165) is 21.3 Å². The average Bonchev–Trinajstić information content (AvgIpc) is 3.14. The molecule has 2 N–H and O–H groups in total. The van der Waals surface area contributed by atoms with Gasteiger partial charge in [-0.25, -0.2) is 13.4 Å². The highest BCUT2D eigenvalue weighted by atomic mass is 32.2. The van der Waals surface area contributed by atoms with E-state index in [2.05, 4.69) is 16.2 Å². The maximum Gasteiger partial charge on any atom is 0.211 e. The zero-order valence-corrected chi connectivity index (χ0v) is 15.6. The normalized spacial score (nSPS) is 17.1. The highest BCUT2D eigenvalue weighted by molar-refractivity contribution is 7.88. The molecule has 0 saturated carbocycles. The Morgan fingerprint density at radius 1 is 1.42 bits per heavy atom. The molecule has 0 amide bonds. The molecule has 134 valence electrons. The lowest BCUT2D eigenvalue weighted by Gasteiger charge is -2.47. The second-order valence-electron chi connectivity index (χ2n) is 6.47. The Kier molecular flexibility index (Phi) is 3.76. The summed E-state index contributed by atoms with van der Waals surface area (Å²) in [7, 11) is -3.27. The molecule has 0 atom stereocenters. The molecule has 0 unspecified atom stereocenters. The number of hydrogen-bond donors (Lipinski definition) is 1. The monoisotopic (exact) mass is 388 g/mol. The smallest absolute Gasteiger partial charge is 0.211 e. The number of nitrogens with two attached hydrogens (primary N) is 1. The van der Waals surface area contributed by atoms with Crippen LogP contribution in [0.2, 0.25) is 0 Å². The van der Waals surface area contributed by atoms with E-state index >= 15 is 0 Å². The summed E-state index contributed by atoms with van der Waals surface area (Å²) in [5.74, 6) is 0. The predicted molar refractivity (Wildman–Crippen MR) is 99.9 cm³/mol. The van der Waals surface area contributed by atoms with Crippen molar-refractivity contribution in [1.82, 2.24) is 19.1 Å². The Hall–Kier alpha value is -2.48. The number of nitrogen functional groups attached to an aromatic ring is 1. The van der Waals surface area contributed by atoms with Gasteiger partial charge in [0, 0.05) is 30.4 Å². The topological polar surface area (TPSA) is 118 Å². The van der Waals surface area contributed by atoms with Crippen LogP contribution in [0.25, 0.3) is 21.3 Å². The van der Waals surface area contributed by atoms with E-state index in [1.54, 1.807) is 10.9 Å². The number of nitrogens with zero attached hydrogens (tertiary/aromatic N) is 5. The van der Waals surface area contributed by atoms with Crippen LogP contribution in [-0.2, 0) is 15.6 Å². The molecule has 1 saturated heterocycles. The van der Waals surface area contributed by atoms with Crippen LogP contribution < -0.4 is 5.73 Å². The van der Waals surface area contributed by atoms with Gasteiger partial charge >= 0.3 is 0 Å². The van der Waals surface area contributed by atoms with Crippen molar-refractivity contribution in [3.63, 3.8) is 0 Å². The van der Waals surface area contributed by atoms with E-state index in [1.165, 1.54) is 21.9 Å². The molecule has 8 nitrogen and oxygen atoms in total. The van der Waals surface area contributed by atoms with Crippen molar-refractivity contribution < 1.29 is 8.42 Å². The molecule has 10 heteroatoms. The summed E-state index contributed by atoms with van der Waals surface area (Å²) in [6, 6.07) is 7.95. The molecule has 3 heterocycles. The Morgan fingerprint density at radius 2 is 2.19 bits per heavy atom. The highest BCUT2D eigenvalue weighted by Crippen LogP contribution is 2.37. The van der Waals surface area contributed by atoms with Crippen LogP contribution in [0.4, 0.5) is 5.13 Å². The summed E-state index contributed by atoms with van der Waals surface area (Å²) in [5.41, 5.74) is 7.88. The van der Waals surface area contributed by atoms with Crippen molar-refractivity contribution in [2.75, 3.05) is 25.1 Å². The van der Waals surface area contributed by atoms with Gasteiger partial charge in [0.25, 0.3) is 0 Å². The van der Waals surface area contributed by atoms with E-state index < -0.39 is 15.6 Å². The highest BCUT2D eigenvalue weighted by Gasteiger charge is 2.49. The van der Waals surface area contributed by atoms with Crippen molar-refractivity contribution in [2.24, 2.45) is 0 Å². The number of aromatic nitrogens is 3. The van der Waals surface area contributed by atoms with E-state index in [1.807, 2.05) is 24.4 Å². The molecule has 3 aromatic rings. The Morgan fingerprint density at radius 3 is 2.88 bits per heavy atom. The number of sulfonamides is 1. The van der Waals surface area contributed by atoms with Gasteiger partial charge < -0.3 is 5.73 Å². The summed E-state index contributed by atoms with van der Waals surface area (Å²) in [6.45, 7) is 0.496. The fraction of sp³-hybridized carbons (Fsp3) is 0.312. The summed E-state index contributed by atoms with van der Waals surface area (Å²) in [6.07, 6.45) is 4.96. The minimum absolute atomic E-state index is 0.192. The number of hydrogen-bond acceptors (Lipinski definition) is 7. The largest absolute Gasteiger partial charge is 0.375 e. The third kappa shape index (κ3) is 2.65. The maximum atomic E-state index is 11.7. The fourth-order valence-electron chi connectivity index (χ4n) is 3.24. The molecule has 26 heavy (non-hydrogen) atoms. The molecule has 1 aliphatic heterocycles. The third-order valence-corrected chi connectivity index (χ3v) is 6.76. The molecule has 1 aliphatic rings. The van der Waals surface area contributed by atoms with Crippen LogP contribution in [-0.4, -0.2) is 46.8 Å². The molecule has 2 aromatic heterocycles. The van der Waals surface area contributed by atoms with Crippen LogP contribution in [0.3, 0.4) is 0 Å². The quantitative estimate of drug-likeness (QED) is 0.726. The van der Waals surface area contributed by atoms with Crippen LogP contribution in [0.1, 0.15) is 6.42 Å². The van der Waals surface area contributed by atoms with Crippen LogP contribution >= 0.6 is 11.3 Å². The summed E-state index contributed by atoms with van der Waals surface area (Å²) >= 11 is 1.41. The fourth-order valence-corrected chi connectivity index (χ4v) is 5.06. The number of anilines is 1. The zero-order valence-electron chi connectivity index (χ0n) is 14.0. The number of thiazole rings is 1. The second-order valence-corrected chi connectivity index (χ2v) is 9.48. The van der Waals surface area contributed by atoms with Gasteiger partial charge in [-0.2, -0.15) is 14.7 Å². The number of benzene rings is 1. The van der Waals surface area contributed by atoms with Gasteiger partial charge in [0.15, 0.2) is 5.13 Å². The van der Waals surface area contributed by atoms with Gasteiger partial charge in [0.05, 0.1) is 35.2 Å². The molecular formula is C16H16N6O2S2. The molecule has 0 spiro atoms. The number of fused-ring (bicyclic) bond motifs is 1. The summed E-state index contributed by atoms with van der Waals surface area (Å²) < 4.78 is 27.5. The minimum Gasteiger partial charge on any atom is -0.375 e. The van der Waals surface area contributed by atoms with Crippen molar-refractivity contribution in [3.05, 3.63) is 30.6 Å². The number of nitriles is 1. The lowest BCUT2D eigenvalue weighted by Crippen LogP contribution is -2.63. The van der Waals surface area contributed by atoms with Crippen LogP contribution in [0.15, 0.2) is 30.6 Å². The first-order valence-electron chi connectivity index (χ1n) is 7.85. The first kappa shape index (κ1) is 17.0. The molecule has 1 aromatic carbocycles. The maximum absolute atomic E-state index is 11.7. The van der Waals surface area contributed by atoms with Gasteiger partial charge in [-0.15, -0.1) is 0 Å². The van der Waals surface area contributed by atoms with E-state index in [0.29, 0.717) is 5.13 Å². The van der Waals surface area contributed by atoms with Gasteiger partial charge in [0.1, 0.15) is 5.54 Å². The van der Waals surface area contributed by atoms with Crippen molar-refractivity contribution in [2.45, 2.75) is 12.0 Å². The van der Waals surface area contributed by atoms with Crippen molar-refractivity contribution in [3.8, 4) is 17.2 Å². The average molecular weight is 388 g/mol. The molecule has 1 fully saturated rings. The van der Waals surface area contributed by atoms with E-state index in [9.17, 15) is 13.7 Å². The summed E-state index contributed by atoms with van der Waals surface area (Å²) in [4.78, 5) is 4.30. The lowest BCUT2D eigenvalue weighted by molar-refractivity contribution is 0.0724. The third-order valence-electron chi connectivity index (χ3n) is 4.63. The van der Waals surface area contributed by atoms with Gasteiger partial charge in [-0.3, -0.25) is 4.68 Å². The Labute approximate surface area is 154 Å². The Balaban J connectivity index is 1.72. The van der Waals surface area contributed by atoms with Gasteiger partial charge in [-0.05, 0) is 6.07 Å². The zero-order chi connectivity index (χ0) is 18.5. The van der Waals surface area contributed by atoms with Crippen LogP contribution in [0, 0.1) is 11.3 Å². The molecule has 0 radical (unpaired) electrons. The lowest BCUT2D eigenvalue weighted by atomic mass is 9.89. The molecular weight excluding hydrogens is 372 g/mol. The van der Waals surface area contributed by atoms with Gasteiger partial charge in [0.2, 0.25) is 10.0 Å². The minimum atomic E-state index is -3.27. The molecule has 0 aliphatic carbocycles. The number of rotatable bonds is 4. The first-order chi connectivity index (χ1) is 12.3. The van der Waals surface area contributed by atoms with Crippen molar-refractivity contribution >= 4 is 36.7 Å².